The zero-order valence-corrected chi connectivity index (χ0v) is 21.8. The van der Waals surface area contributed by atoms with Crippen LogP contribution in [0.3, 0.4) is 0 Å². The summed E-state index contributed by atoms with van der Waals surface area (Å²) >= 11 is 6.28. The molecule has 0 saturated carbocycles. The Morgan fingerprint density at radius 3 is 2.79 bits per heavy atom. The number of piperazine rings is 1. The Kier molecular flexibility index (Phi) is 7.68. The van der Waals surface area contributed by atoms with Crippen molar-refractivity contribution in [3.05, 3.63) is 56.0 Å². The summed E-state index contributed by atoms with van der Waals surface area (Å²) in [5, 5.41) is 30.9. The standard InChI is InChI=1S/C25H27ClN6O6/c1-15-5-3-7-18-17(15)6-4-9-25(18,22(33)38-2)13-19-20(32(36)37)21(29-23(26)28-19)30-11-12-31(24(34)35)16(14-30)8-10-27/h3,5,7,16H,4,6,8-9,11-14H2,1-2H3,(H,34,35)/t16-,25?/m0/s1. The number of fused-ring (bicyclic) bond motifs is 1. The van der Waals surface area contributed by atoms with Crippen LogP contribution in [-0.2, 0) is 27.8 Å². The zero-order chi connectivity index (χ0) is 27.6. The molecule has 4 rings (SSSR count). The molecule has 1 aromatic heterocycles. The number of nitriles is 1. The van der Waals surface area contributed by atoms with Crippen molar-refractivity contribution in [3.63, 3.8) is 0 Å². The summed E-state index contributed by atoms with van der Waals surface area (Å²) in [5.74, 6) is -0.586. The van der Waals surface area contributed by atoms with Gasteiger partial charge in [-0.1, -0.05) is 18.2 Å². The number of carbonyl (C=O) groups is 2. The average Bonchev–Trinajstić information content (AvgIpc) is 2.88. The second-order valence-electron chi connectivity index (χ2n) is 9.51. The van der Waals surface area contributed by atoms with Crippen LogP contribution in [0.2, 0.25) is 5.28 Å². The van der Waals surface area contributed by atoms with E-state index in [2.05, 4.69) is 9.97 Å². The van der Waals surface area contributed by atoms with Crippen LogP contribution >= 0.6 is 11.6 Å². The number of nitro groups is 1. The number of carbonyl (C=O) groups excluding carboxylic acids is 1. The Labute approximate surface area is 223 Å². The van der Waals surface area contributed by atoms with Crippen molar-refractivity contribution in [1.29, 1.82) is 5.26 Å². The molecule has 0 radical (unpaired) electrons. The number of aryl methyl sites for hydroxylation is 1. The van der Waals surface area contributed by atoms with Gasteiger partial charge in [-0.2, -0.15) is 10.2 Å². The predicted molar refractivity (Wildman–Crippen MR) is 136 cm³/mol. The lowest BCUT2D eigenvalue weighted by molar-refractivity contribution is -0.385. The van der Waals surface area contributed by atoms with Crippen molar-refractivity contribution in [2.75, 3.05) is 31.6 Å². The SMILES string of the molecule is COC(=O)C1(Cc2nc(Cl)nc(N3CCN(C(=O)O)[C@@H](CC#N)C3)c2[N+](=O)[O-])CCCc2c(C)cccc21. The molecule has 2 heterocycles. The van der Waals surface area contributed by atoms with Crippen LogP contribution in [0.25, 0.3) is 0 Å². The van der Waals surface area contributed by atoms with Gasteiger partial charge in [0.15, 0.2) is 0 Å². The summed E-state index contributed by atoms with van der Waals surface area (Å²) in [6.45, 7) is 2.10. The van der Waals surface area contributed by atoms with Gasteiger partial charge in [0.05, 0.1) is 36.0 Å². The highest BCUT2D eigenvalue weighted by atomic mass is 35.5. The molecule has 2 atom stereocenters. The first-order chi connectivity index (χ1) is 18.1. The van der Waals surface area contributed by atoms with Crippen LogP contribution in [0.1, 0.15) is 41.6 Å². The normalized spacial score (nSPS) is 20.8. The zero-order valence-electron chi connectivity index (χ0n) is 21.0. The number of ether oxygens (including phenoxy) is 1. The largest absolute Gasteiger partial charge is 0.468 e. The highest BCUT2D eigenvalue weighted by Crippen LogP contribution is 2.44. The van der Waals surface area contributed by atoms with Crippen molar-refractivity contribution < 1.29 is 24.4 Å². The average molecular weight is 543 g/mol. The number of methoxy groups -OCH3 is 1. The Bertz CT molecular complexity index is 1330. The smallest absolute Gasteiger partial charge is 0.407 e. The van der Waals surface area contributed by atoms with Crippen molar-refractivity contribution in [2.24, 2.45) is 0 Å². The minimum absolute atomic E-state index is 0.0116. The van der Waals surface area contributed by atoms with Gasteiger partial charge >= 0.3 is 17.7 Å². The lowest BCUT2D eigenvalue weighted by atomic mass is 9.66. The maximum Gasteiger partial charge on any atom is 0.407 e. The maximum absolute atomic E-state index is 13.4. The van der Waals surface area contributed by atoms with Crippen LogP contribution in [0, 0.1) is 28.4 Å². The number of hydrogen-bond acceptors (Lipinski definition) is 9. The molecule has 200 valence electrons. The summed E-state index contributed by atoms with van der Waals surface area (Å²) in [4.78, 5) is 47.9. The van der Waals surface area contributed by atoms with Gasteiger partial charge < -0.3 is 19.6 Å². The Hall–Kier alpha value is -3.98. The predicted octanol–water partition coefficient (Wildman–Crippen LogP) is 3.42. The van der Waals surface area contributed by atoms with Crippen LogP contribution in [0.4, 0.5) is 16.3 Å². The quantitative estimate of drug-likeness (QED) is 0.247. The molecule has 1 amide bonds. The second kappa shape index (κ2) is 10.8. The van der Waals surface area contributed by atoms with Crippen molar-refractivity contribution in [3.8, 4) is 6.07 Å². The summed E-state index contributed by atoms with van der Waals surface area (Å²) in [7, 11) is 1.29. The molecule has 2 aromatic rings. The Morgan fingerprint density at radius 2 is 2.13 bits per heavy atom. The van der Waals surface area contributed by atoms with E-state index in [1.165, 1.54) is 7.11 Å². The fourth-order valence-corrected chi connectivity index (χ4v) is 5.88. The van der Waals surface area contributed by atoms with Crippen LogP contribution < -0.4 is 4.90 Å². The second-order valence-corrected chi connectivity index (χ2v) is 9.85. The summed E-state index contributed by atoms with van der Waals surface area (Å²) < 4.78 is 5.23. The number of amides is 1. The molecule has 0 bridgehead atoms. The Balaban J connectivity index is 1.83. The van der Waals surface area contributed by atoms with E-state index in [9.17, 15) is 30.1 Å². The van der Waals surface area contributed by atoms with E-state index in [0.717, 1.165) is 28.0 Å². The minimum Gasteiger partial charge on any atom is -0.468 e. The number of nitrogens with zero attached hydrogens (tertiary/aromatic N) is 6. The molecule has 0 spiro atoms. The van der Waals surface area contributed by atoms with Gasteiger partial charge in [0.2, 0.25) is 11.1 Å². The Morgan fingerprint density at radius 1 is 1.37 bits per heavy atom. The number of halogens is 1. The number of anilines is 1. The van der Waals surface area contributed by atoms with Crippen molar-refractivity contribution in [2.45, 2.75) is 50.5 Å². The van der Waals surface area contributed by atoms with Gasteiger partial charge in [0.1, 0.15) is 5.69 Å². The van der Waals surface area contributed by atoms with E-state index >= 15 is 0 Å². The molecular formula is C25H27ClN6O6. The van der Waals surface area contributed by atoms with Gasteiger partial charge in [-0.05, 0) is 54.5 Å². The summed E-state index contributed by atoms with van der Waals surface area (Å²) in [6.07, 6.45) is 0.465. The molecule has 2 aliphatic rings. The molecule has 1 N–H and O–H groups in total. The lowest BCUT2D eigenvalue weighted by Crippen LogP contribution is -2.55. The topological polar surface area (TPSA) is 163 Å². The third-order valence-corrected chi connectivity index (χ3v) is 7.62. The van der Waals surface area contributed by atoms with Crippen LogP contribution in [0.5, 0.6) is 0 Å². The van der Waals surface area contributed by atoms with E-state index in [4.69, 9.17) is 16.3 Å². The van der Waals surface area contributed by atoms with E-state index in [1.54, 1.807) is 4.90 Å². The van der Waals surface area contributed by atoms with Gasteiger partial charge in [-0.15, -0.1) is 0 Å². The van der Waals surface area contributed by atoms with E-state index < -0.39 is 34.1 Å². The first-order valence-electron chi connectivity index (χ1n) is 12.1. The molecular weight excluding hydrogens is 516 g/mol. The highest BCUT2D eigenvalue weighted by molar-refractivity contribution is 6.28. The number of aromatic nitrogens is 2. The van der Waals surface area contributed by atoms with E-state index in [-0.39, 0.29) is 49.3 Å². The molecule has 1 aliphatic carbocycles. The molecule has 1 aromatic carbocycles. The molecule has 1 saturated heterocycles. The van der Waals surface area contributed by atoms with Crippen molar-refractivity contribution >= 4 is 35.2 Å². The van der Waals surface area contributed by atoms with Gasteiger partial charge in [-0.25, -0.2) is 9.78 Å². The third-order valence-electron chi connectivity index (χ3n) is 7.45. The monoisotopic (exact) mass is 542 g/mol. The number of esters is 1. The van der Waals surface area contributed by atoms with Crippen LogP contribution in [0.15, 0.2) is 18.2 Å². The number of benzene rings is 1. The molecule has 1 fully saturated rings. The van der Waals surface area contributed by atoms with E-state index in [1.807, 2.05) is 31.2 Å². The van der Waals surface area contributed by atoms with Crippen LogP contribution in [-0.4, -0.2) is 69.7 Å². The lowest BCUT2D eigenvalue weighted by Gasteiger charge is -2.39. The summed E-state index contributed by atoms with van der Waals surface area (Å²) in [5.41, 5.74) is 1.16. The maximum atomic E-state index is 13.4. The van der Waals surface area contributed by atoms with Gasteiger partial charge in [-0.3, -0.25) is 14.9 Å². The van der Waals surface area contributed by atoms with E-state index in [0.29, 0.717) is 12.8 Å². The molecule has 12 nitrogen and oxygen atoms in total. The molecule has 1 unspecified atom stereocenters. The number of rotatable bonds is 6. The number of hydrogen-bond donors (Lipinski definition) is 1. The molecule has 1 aliphatic heterocycles. The fraction of sp³-hybridized carbons (Fsp3) is 0.480. The van der Waals surface area contributed by atoms with Crippen molar-refractivity contribution in [1.82, 2.24) is 14.9 Å². The highest BCUT2D eigenvalue weighted by Gasteiger charge is 2.47. The molecule has 13 heteroatoms. The van der Waals surface area contributed by atoms with Gasteiger partial charge in [0, 0.05) is 26.1 Å². The van der Waals surface area contributed by atoms with Gasteiger partial charge in [0.25, 0.3) is 0 Å². The summed E-state index contributed by atoms with van der Waals surface area (Å²) in [6, 6.07) is 6.92. The number of carboxylic acid groups (broad SMARTS) is 1. The molecule has 38 heavy (non-hydrogen) atoms. The first-order valence-corrected chi connectivity index (χ1v) is 12.5. The fourth-order valence-electron chi connectivity index (χ4n) is 5.70. The minimum atomic E-state index is -1.21. The first kappa shape index (κ1) is 27.1. The third kappa shape index (κ3) is 4.81.